The normalized spacial score (nSPS) is 10.9. The maximum absolute atomic E-state index is 5.80. The quantitative estimate of drug-likeness (QED) is 0.698. The number of benzene rings is 2. The van der Waals surface area contributed by atoms with Crippen LogP contribution in [0, 0.1) is 13.8 Å². The minimum Gasteiger partial charge on any atom is -0.493 e. The van der Waals surface area contributed by atoms with E-state index in [0.29, 0.717) is 24.6 Å². The lowest BCUT2D eigenvalue weighted by Crippen LogP contribution is -2.19. The number of aromatic nitrogens is 2. The van der Waals surface area contributed by atoms with Crippen molar-refractivity contribution in [1.82, 2.24) is 9.55 Å². The Morgan fingerprint density at radius 3 is 2.58 bits per heavy atom. The molecule has 2 aromatic carbocycles. The highest BCUT2D eigenvalue weighted by Crippen LogP contribution is 2.21. The van der Waals surface area contributed by atoms with Gasteiger partial charge in [0, 0.05) is 6.42 Å². The van der Waals surface area contributed by atoms with E-state index in [1.54, 1.807) is 0 Å². The third kappa shape index (κ3) is 3.57. The number of nitrogens with zero attached hydrogens (tertiary/aromatic N) is 2. The molecule has 0 atom stereocenters. The van der Waals surface area contributed by atoms with E-state index in [-0.39, 0.29) is 0 Å². The topological polar surface area (TPSA) is 53.1 Å². The van der Waals surface area contributed by atoms with Crippen molar-refractivity contribution in [3.05, 3.63) is 59.4 Å². The number of ether oxygens (including phenoxy) is 1. The van der Waals surface area contributed by atoms with Gasteiger partial charge in [-0.25, -0.2) is 4.98 Å². The first-order valence-corrected chi connectivity index (χ1v) is 8.38. The number of fused-ring (bicyclic) bond motifs is 1. The third-order valence-electron chi connectivity index (χ3n) is 4.09. The van der Waals surface area contributed by atoms with E-state index in [1.807, 2.05) is 30.3 Å². The van der Waals surface area contributed by atoms with Crippen LogP contribution in [0.4, 0.5) is 0 Å². The fraction of sp³-hybridized carbons (Fsp3) is 0.263. The number of hydrogen-bond acceptors (Lipinski definition) is 3. The van der Waals surface area contributed by atoms with Gasteiger partial charge in [0.25, 0.3) is 0 Å². The largest absolute Gasteiger partial charge is 0.493 e. The van der Waals surface area contributed by atoms with E-state index in [1.165, 1.54) is 11.1 Å². The summed E-state index contributed by atoms with van der Waals surface area (Å²) in [5.74, 6) is 1.81. The summed E-state index contributed by atoms with van der Waals surface area (Å²) in [6.07, 6.45) is 0.699. The molecular weight excluding hydrogens is 318 g/mol. The molecule has 0 spiro atoms. The molecule has 0 saturated carbocycles. The van der Waals surface area contributed by atoms with Gasteiger partial charge in [-0.3, -0.25) is 0 Å². The summed E-state index contributed by atoms with van der Waals surface area (Å²) in [6.45, 7) is 5.25. The fourth-order valence-electron chi connectivity index (χ4n) is 2.73. The van der Waals surface area contributed by atoms with Crippen LogP contribution in [0.1, 0.15) is 17.0 Å². The molecule has 2 N–H and O–H groups in total. The Bertz CT molecular complexity index is 871. The summed E-state index contributed by atoms with van der Waals surface area (Å²) in [5, 5.41) is 0. The first-order valence-electron chi connectivity index (χ1n) is 7.97. The standard InChI is InChI=1S/C19H21N3OS/c1-13-10-16-17(11-14(13)2)22(12-18(20)24)19(21-16)8-9-23-15-6-4-3-5-7-15/h3-7,10-11H,8-9,12H2,1-2H3,(H2,20,24). The second kappa shape index (κ2) is 7.01. The van der Waals surface area contributed by atoms with Crippen molar-refractivity contribution >= 4 is 28.2 Å². The van der Waals surface area contributed by atoms with Crippen molar-refractivity contribution in [3.8, 4) is 5.75 Å². The highest BCUT2D eigenvalue weighted by atomic mass is 32.1. The molecule has 4 nitrogen and oxygen atoms in total. The lowest BCUT2D eigenvalue weighted by atomic mass is 10.1. The smallest absolute Gasteiger partial charge is 0.119 e. The Morgan fingerprint density at radius 1 is 1.17 bits per heavy atom. The molecule has 0 bridgehead atoms. The lowest BCUT2D eigenvalue weighted by molar-refractivity contribution is 0.317. The number of aryl methyl sites for hydroxylation is 2. The summed E-state index contributed by atoms with van der Waals surface area (Å²) in [6, 6.07) is 14.1. The third-order valence-corrected chi connectivity index (χ3v) is 4.22. The van der Waals surface area contributed by atoms with Crippen molar-refractivity contribution in [3.63, 3.8) is 0 Å². The van der Waals surface area contributed by atoms with Gasteiger partial charge in [0.05, 0.1) is 29.2 Å². The van der Waals surface area contributed by atoms with Gasteiger partial charge < -0.3 is 15.0 Å². The molecule has 1 aromatic heterocycles. The van der Waals surface area contributed by atoms with Crippen LogP contribution in [-0.2, 0) is 13.0 Å². The summed E-state index contributed by atoms with van der Waals surface area (Å²) >= 11 is 5.11. The predicted molar refractivity (Wildman–Crippen MR) is 102 cm³/mol. The van der Waals surface area contributed by atoms with Crippen molar-refractivity contribution in [2.24, 2.45) is 5.73 Å². The van der Waals surface area contributed by atoms with Crippen LogP contribution < -0.4 is 10.5 Å². The Hall–Kier alpha value is -2.40. The van der Waals surface area contributed by atoms with Crippen molar-refractivity contribution in [2.75, 3.05) is 6.61 Å². The van der Waals surface area contributed by atoms with E-state index >= 15 is 0 Å². The molecule has 3 rings (SSSR count). The number of hydrogen-bond donors (Lipinski definition) is 1. The van der Waals surface area contributed by atoms with Crippen LogP contribution >= 0.6 is 12.2 Å². The van der Waals surface area contributed by atoms with Crippen LogP contribution in [0.25, 0.3) is 11.0 Å². The molecule has 0 saturated heterocycles. The van der Waals surface area contributed by atoms with Gasteiger partial charge in [-0.1, -0.05) is 30.4 Å². The zero-order valence-electron chi connectivity index (χ0n) is 14.0. The lowest BCUT2D eigenvalue weighted by Gasteiger charge is -2.10. The summed E-state index contributed by atoms with van der Waals surface area (Å²) in [4.78, 5) is 5.22. The van der Waals surface area contributed by atoms with E-state index in [0.717, 1.165) is 22.6 Å². The number of thiocarbonyl (C=S) groups is 1. The molecule has 0 aliphatic rings. The maximum Gasteiger partial charge on any atom is 0.119 e. The van der Waals surface area contributed by atoms with E-state index < -0.39 is 0 Å². The van der Waals surface area contributed by atoms with Gasteiger partial charge in [-0.2, -0.15) is 0 Å². The van der Waals surface area contributed by atoms with E-state index in [4.69, 9.17) is 27.7 Å². The average molecular weight is 339 g/mol. The number of imidazole rings is 1. The molecule has 124 valence electrons. The predicted octanol–water partition coefficient (Wildman–Crippen LogP) is 3.56. The molecule has 0 fully saturated rings. The second-order valence-corrected chi connectivity index (χ2v) is 6.44. The molecule has 5 heteroatoms. The van der Waals surface area contributed by atoms with Gasteiger partial charge in [-0.15, -0.1) is 0 Å². The summed E-state index contributed by atoms with van der Waals surface area (Å²) in [7, 11) is 0. The highest BCUT2D eigenvalue weighted by molar-refractivity contribution is 7.80. The minimum absolute atomic E-state index is 0.456. The molecule has 24 heavy (non-hydrogen) atoms. The highest BCUT2D eigenvalue weighted by Gasteiger charge is 2.13. The van der Waals surface area contributed by atoms with Crippen LogP contribution in [0.15, 0.2) is 42.5 Å². The number of para-hydroxylation sites is 1. The first kappa shape index (κ1) is 16.5. The van der Waals surface area contributed by atoms with Crippen molar-refractivity contribution in [1.29, 1.82) is 0 Å². The number of nitrogens with two attached hydrogens (primary N) is 1. The summed E-state index contributed by atoms with van der Waals surface area (Å²) < 4.78 is 7.89. The summed E-state index contributed by atoms with van der Waals surface area (Å²) in [5.41, 5.74) is 10.3. The molecule has 3 aromatic rings. The maximum atomic E-state index is 5.80. The Morgan fingerprint density at radius 2 is 1.88 bits per heavy atom. The molecule has 0 aliphatic heterocycles. The molecule has 0 unspecified atom stereocenters. The van der Waals surface area contributed by atoms with Crippen LogP contribution in [0.3, 0.4) is 0 Å². The SMILES string of the molecule is Cc1cc2nc(CCOc3ccccc3)n(CC(N)=S)c2cc1C. The van der Waals surface area contributed by atoms with E-state index in [9.17, 15) is 0 Å². The molecule has 0 amide bonds. The number of rotatable bonds is 6. The van der Waals surface area contributed by atoms with Crippen LogP contribution in [-0.4, -0.2) is 21.1 Å². The fourth-order valence-corrected chi connectivity index (χ4v) is 2.86. The Kier molecular flexibility index (Phi) is 4.81. The average Bonchev–Trinajstić information content (AvgIpc) is 2.85. The van der Waals surface area contributed by atoms with Gasteiger partial charge in [0.15, 0.2) is 0 Å². The first-order chi connectivity index (χ1) is 11.5. The van der Waals surface area contributed by atoms with Crippen LogP contribution in [0.2, 0.25) is 0 Å². The van der Waals surface area contributed by atoms with Gasteiger partial charge in [-0.05, 0) is 49.2 Å². The zero-order chi connectivity index (χ0) is 17.1. The minimum atomic E-state index is 0.456. The second-order valence-electron chi connectivity index (χ2n) is 5.92. The Balaban J connectivity index is 1.86. The van der Waals surface area contributed by atoms with E-state index in [2.05, 4.69) is 30.5 Å². The van der Waals surface area contributed by atoms with Crippen molar-refractivity contribution < 1.29 is 4.74 Å². The Labute approximate surface area is 147 Å². The zero-order valence-corrected chi connectivity index (χ0v) is 14.8. The molecule has 1 heterocycles. The monoisotopic (exact) mass is 339 g/mol. The van der Waals surface area contributed by atoms with Gasteiger partial charge in [0.2, 0.25) is 0 Å². The molecular formula is C19H21N3OS. The van der Waals surface area contributed by atoms with Crippen molar-refractivity contribution in [2.45, 2.75) is 26.8 Å². The van der Waals surface area contributed by atoms with Gasteiger partial charge >= 0.3 is 0 Å². The van der Waals surface area contributed by atoms with Gasteiger partial charge in [0.1, 0.15) is 11.6 Å². The molecule has 0 radical (unpaired) electrons. The van der Waals surface area contributed by atoms with Crippen LogP contribution in [0.5, 0.6) is 5.75 Å². The molecule has 0 aliphatic carbocycles.